The summed E-state index contributed by atoms with van der Waals surface area (Å²) in [7, 11) is 0. The number of amides is 3. The van der Waals surface area contributed by atoms with Crippen LogP contribution in [-0.2, 0) is 0 Å². The van der Waals surface area contributed by atoms with Crippen molar-refractivity contribution >= 4 is 17.9 Å². The van der Waals surface area contributed by atoms with Gasteiger partial charge in [-0.15, -0.1) is 0 Å². The van der Waals surface area contributed by atoms with Crippen LogP contribution in [0.1, 0.15) is 65.7 Å². The first kappa shape index (κ1) is 19.2. The molecule has 3 N–H and O–H groups in total. The Balaban J connectivity index is 1.48. The maximum absolute atomic E-state index is 12.4. The molecule has 0 radical (unpaired) electrons. The number of rotatable bonds is 4. The largest absolute Gasteiger partial charge is 0.478 e. The predicted octanol–water partition coefficient (Wildman–Crippen LogP) is 2.62. The summed E-state index contributed by atoms with van der Waals surface area (Å²) in [4.78, 5) is 37.9. The highest BCUT2D eigenvalue weighted by Crippen LogP contribution is 2.18. The Morgan fingerprint density at radius 1 is 0.852 bits per heavy atom. The number of likely N-dealkylation sites (tertiary alicyclic amines) is 1. The lowest BCUT2D eigenvalue weighted by Crippen LogP contribution is -2.51. The molecule has 0 atom stereocenters. The summed E-state index contributed by atoms with van der Waals surface area (Å²) < 4.78 is 0. The van der Waals surface area contributed by atoms with Crippen LogP contribution in [0.4, 0.5) is 4.79 Å². The number of piperidine rings is 1. The van der Waals surface area contributed by atoms with Crippen molar-refractivity contribution < 1.29 is 19.5 Å². The third kappa shape index (κ3) is 4.99. The van der Waals surface area contributed by atoms with Crippen LogP contribution in [0.5, 0.6) is 0 Å². The van der Waals surface area contributed by atoms with Gasteiger partial charge in [0.05, 0.1) is 11.1 Å². The molecule has 1 aromatic carbocycles. The van der Waals surface area contributed by atoms with E-state index < -0.39 is 5.97 Å². The third-order valence-corrected chi connectivity index (χ3v) is 5.45. The van der Waals surface area contributed by atoms with Crippen molar-refractivity contribution in [2.24, 2.45) is 0 Å². The molecule has 7 nitrogen and oxygen atoms in total. The molecule has 3 rings (SSSR count). The Kier molecular flexibility index (Phi) is 6.32. The Bertz CT molecular complexity index is 692. The normalized spacial score (nSPS) is 18.7. The first-order valence-corrected chi connectivity index (χ1v) is 9.73. The summed E-state index contributed by atoms with van der Waals surface area (Å²) >= 11 is 0. The van der Waals surface area contributed by atoms with Gasteiger partial charge in [0.2, 0.25) is 0 Å². The van der Waals surface area contributed by atoms with Crippen LogP contribution >= 0.6 is 0 Å². The average molecular weight is 373 g/mol. The van der Waals surface area contributed by atoms with Gasteiger partial charge in [-0.05, 0) is 37.8 Å². The van der Waals surface area contributed by atoms with E-state index in [0.29, 0.717) is 25.9 Å². The van der Waals surface area contributed by atoms with Gasteiger partial charge in [0, 0.05) is 25.2 Å². The summed E-state index contributed by atoms with van der Waals surface area (Å²) in [6.45, 7) is 1.17. The molecule has 2 fully saturated rings. The summed E-state index contributed by atoms with van der Waals surface area (Å²) in [5, 5.41) is 15.3. The van der Waals surface area contributed by atoms with Gasteiger partial charge in [-0.25, -0.2) is 9.59 Å². The standard InChI is InChI=1S/C20H27N3O4/c24-18(16-8-4-5-9-17(16)19(25)26)21-15-10-12-23(13-11-15)20(27)22-14-6-2-1-3-7-14/h4-5,8-9,14-15H,1-3,6-7,10-13H2,(H,21,24)(H,22,27)(H,25,26). The number of hydrogen-bond acceptors (Lipinski definition) is 3. The van der Waals surface area contributed by atoms with Crippen molar-refractivity contribution in [1.29, 1.82) is 0 Å². The molecule has 1 aliphatic carbocycles. The van der Waals surface area contributed by atoms with Crippen LogP contribution < -0.4 is 10.6 Å². The van der Waals surface area contributed by atoms with Crippen molar-refractivity contribution in [3.8, 4) is 0 Å². The number of carboxylic acid groups (broad SMARTS) is 1. The number of carbonyl (C=O) groups is 3. The van der Waals surface area contributed by atoms with Crippen molar-refractivity contribution in [2.45, 2.75) is 57.0 Å². The minimum absolute atomic E-state index is 0.000652. The zero-order valence-electron chi connectivity index (χ0n) is 15.4. The summed E-state index contributed by atoms with van der Waals surface area (Å²) in [6, 6.07) is 6.42. The van der Waals surface area contributed by atoms with Crippen LogP contribution in [-0.4, -0.2) is 53.1 Å². The second kappa shape index (κ2) is 8.88. The highest BCUT2D eigenvalue weighted by Gasteiger charge is 2.26. The number of nitrogens with zero attached hydrogens (tertiary/aromatic N) is 1. The van der Waals surface area contributed by atoms with Gasteiger partial charge in [-0.3, -0.25) is 4.79 Å². The van der Waals surface area contributed by atoms with E-state index in [9.17, 15) is 19.5 Å². The fourth-order valence-electron chi connectivity index (χ4n) is 3.87. The second-order valence-corrected chi connectivity index (χ2v) is 7.37. The highest BCUT2D eigenvalue weighted by molar-refractivity contribution is 6.04. The van der Waals surface area contributed by atoms with Crippen LogP contribution in [0.25, 0.3) is 0 Å². The summed E-state index contributed by atoms with van der Waals surface area (Å²) in [5.41, 5.74) is 0.168. The number of hydrogen-bond donors (Lipinski definition) is 3. The molecule has 1 saturated carbocycles. The number of carbonyl (C=O) groups excluding carboxylic acids is 2. The lowest BCUT2D eigenvalue weighted by atomic mass is 9.95. The number of nitrogens with one attached hydrogen (secondary N) is 2. The van der Waals surface area contributed by atoms with Crippen LogP contribution in [0.2, 0.25) is 0 Å². The van der Waals surface area contributed by atoms with E-state index in [1.165, 1.54) is 31.4 Å². The van der Waals surface area contributed by atoms with Gasteiger partial charge in [-0.2, -0.15) is 0 Å². The minimum atomic E-state index is -1.12. The number of carboxylic acids is 1. The van der Waals surface area contributed by atoms with Gasteiger partial charge in [0.25, 0.3) is 5.91 Å². The fourth-order valence-corrected chi connectivity index (χ4v) is 3.87. The molecular weight excluding hydrogens is 346 g/mol. The molecule has 2 aliphatic rings. The molecule has 1 saturated heterocycles. The smallest absolute Gasteiger partial charge is 0.336 e. The molecule has 1 heterocycles. The molecular formula is C20H27N3O4. The van der Waals surface area contributed by atoms with Gasteiger partial charge in [-0.1, -0.05) is 31.4 Å². The Labute approximate surface area is 159 Å². The third-order valence-electron chi connectivity index (χ3n) is 5.45. The average Bonchev–Trinajstić information content (AvgIpc) is 2.69. The molecule has 146 valence electrons. The predicted molar refractivity (Wildman–Crippen MR) is 101 cm³/mol. The van der Waals surface area contributed by atoms with Crippen LogP contribution in [0.15, 0.2) is 24.3 Å². The fraction of sp³-hybridized carbons (Fsp3) is 0.550. The Morgan fingerprint density at radius 2 is 1.44 bits per heavy atom. The van der Waals surface area contributed by atoms with E-state index in [4.69, 9.17) is 0 Å². The molecule has 27 heavy (non-hydrogen) atoms. The van der Waals surface area contributed by atoms with Gasteiger partial charge >= 0.3 is 12.0 Å². The first-order chi connectivity index (χ1) is 13.0. The zero-order chi connectivity index (χ0) is 19.2. The van der Waals surface area contributed by atoms with Crippen molar-refractivity contribution in [2.75, 3.05) is 13.1 Å². The first-order valence-electron chi connectivity index (χ1n) is 9.73. The van der Waals surface area contributed by atoms with E-state index >= 15 is 0 Å². The van der Waals surface area contributed by atoms with Crippen LogP contribution in [0.3, 0.4) is 0 Å². The number of urea groups is 1. The van der Waals surface area contributed by atoms with Crippen molar-refractivity contribution in [1.82, 2.24) is 15.5 Å². The minimum Gasteiger partial charge on any atom is -0.478 e. The number of aromatic carboxylic acids is 1. The molecule has 1 aromatic rings. The molecule has 0 aromatic heterocycles. The Hall–Kier alpha value is -2.57. The molecule has 0 bridgehead atoms. The maximum Gasteiger partial charge on any atom is 0.336 e. The molecule has 1 aliphatic heterocycles. The quantitative estimate of drug-likeness (QED) is 0.755. The molecule has 7 heteroatoms. The van der Waals surface area contributed by atoms with Gasteiger partial charge in [0.1, 0.15) is 0 Å². The second-order valence-electron chi connectivity index (χ2n) is 7.37. The lowest BCUT2D eigenvalue weighted by molar-refractivity contribution is 0.0689. The highest BCUT2D eigenvalue weighted by atomic mass is 16.4. The van der Waals surface area contributed by atoms with Crippen molar-refractivity contribution in [3.05, 3.63) is 35.4 Å². The number of benzene rings is 1. The molecule has 3 amide bonds. The molecule has 0 unspecified atom stereocenters. The summed E-state index contributed by atoms with van der Waals surface area (Å²) in [5.74, 6) is -1.49. The monoisotopic (exact) mass is 373 g/mol. The van der Waals surface area contributed by atoms with E-state index in [1.807, 2.05) is 4.90 Å². The van der Waals surface area contributed by atoms with Gasteiger partial charge in [0.15, 0.2) is 0 Å². The Morgan fingerprint density at radius 3 is 2.07 bits per heavy atom. The SMILES string of the molecule is O=C(O)c1ccccc1C(=O)NC1CCN(C(=O)NC2CCCCC2)CC1. The summed E-state index contributed by atoms with van der Waals surface area (Å²) in [6.07, 6.45) is 7.05. The van der Waals surface area contributed by atoms with Crippen LogP contribution in [0, 0.1) is 0 Å². The van der Waals surface area contributed by atoms with E-state index in [-0.39, 0.29) is 35.1 Å². The topological polar surface area (TPSA) is 98.7 Å². The van der Waals surface area contributed by atoms with E-state index in [1.54, 1.807) is 12.1 Å². The van der Waals surface area contributed by atoms with Gasteiger partial charge < -0.3 is 20.6 Å². The van der Waals surface area contributed by atoms with E-state index in [2.05, 4.69) is 10.6 Å². The zero-order valence-corrected chi connectivity index (χ0v) is 15.4. The van der Waals surface area contributed by atoms with E-state index in [0.717, 1.165) is 12.8 Å². The lowest BCUT2D eigenvalue weighted by Gasteiger charge is -2.34. The molecule has 0 spiro atoms. The maximum atomic E-state index is 12.4. The van der Waals surface area contributed by atoms with Crippen molar-refractivity contribution in [3.63, 3.8) is 0 Å².